The molecular weight excluding hydrogens is 294 g/mol. The number of amides is 1. The average Bonchev–Trinajstić information content (AvgIpc) is 2.90. The van der Waals surface area contributed by atoms with E-state index in [-0.39, 0.29) is 11.9 Å². The quantitative estimate of drug-likeness (QED) is 0.830. The van der Waals surface area contributed by atoms with E-state index in [1.807, 2.05) is 59.5 Å². The van der Waals surface area contributed by atoms with Crippen molar-refractivity contribution in [3.63, 3.8) is 0 Å². The van der Waals surface area contributed by atoms with Crippen LogP contribution < -0.4 is 0 Å². The van der Waals surface area contributed by atoms with E-state index >= 15 is 0 Å². The van der Waals surface area contributed by atoms with Crippen molar-refractivity contribution < 1.29 is 9.53 Å². The molecule has 0 aliphatic carbocycles. The topological polar surface area (TPSA) is 29.5 Å². The minimum atomic E-state index is -0.00746. The Morgan fingerprint density at radius 2 is 1.82 bits per heavy atom. The third-order valence-corrected chi connectivity index (χ3v) is 4.34. The van der Waals surface area contributed by atoms with E-state index in [0.29, 0.717) is 25.5 Å². The van der Waals surface area contributed by atoms with Gasteiger partial charge in [0.05, 0.1) is 19.3 Å². The Kier molecular flexibility index (Phi) is 4.80. The molecule has 0 aromatic heterocycles. The van der Waals surface area contributed by atoms with Gasteiger partial charge in [0.15, 0.2) is 0 Å². The molecule has 2 aromatic rings. The van der Waals surface area contributed by atoms with Gasteiger partial charge in [-0.15, -0.1) is 0 Å². The molecule has 4 heteroatoms. The fraction of sp³-hybridized carbons (Fsp3) is 0.278. The summed E-state index contributed by atoms with van der Waals surface area (Å²) in [5.74, 6) is 0.673. The summed E-state index contributed by atoms with van der Waals surface area (Å²) in [5.41, 5.74) is 3.02. The number of hydrogen-bond donors (Lipinski definition) is 1. The normalized spacial score (nSPS) is 15.0. The molecule has 0 N–H and O–H groups in total. The summed E-state index contributed by atoms with van der Waals surface area (Å²) in [6, 6.07) is 17.8. The van der Waals surface area contributed by atoms with Gasteiger partial charge in [0.25, 0.3) is 5.91 Å². The first-order valence-electron chi connectivity index (χ1n) is 7.41. The minimum Gasteiger partial charge on any atom is -0.375 e. The first kappa shape index (κ1) is 15.1. The van der Waals surface area contributed by atoms with Crippen LogP contribution in [0.5, 0.6) is 0 Å². The van der Waals surface area contributed by atoms with Crippen LogP contribution in [0.15, 0.2) is 54.6 Å². The van der Waals surface area contributed by atoms with Crippen LogP contribution in [0.1, 0.15) is 21.5 Å². The molecule has 1 heterocycles. The van der Waals surface area contributed by atoms with Crippen molar-refractivity contribution in [1.82, 2.24) is 4.90 Å². The molecule has 0 saturated heterocycles. The maximum absolute atomic E-state index is 12.5. The predicted molar refractivity (Wildman–Crippen MR) is 90.1 cm³/mol. The SMILES string of the molecule is O=C1c2ccccc2CN1[C@H](CS)COCc1ccccc1. The zero-order valence-corrected chi connectivity index (χ0v) is 13.2. The number of ether oxygens (including phenoxy) is 1. The summed E-state index contributed by atoms with van der Waals surface area (Å²) in [6.45, 7) is 1.70. The molecule has 0 saturated carbocycles. The molecule has 0 spiro atoms. The van der Waals surface area contributed by atoms with Gasteiger partial charge < -0.3 is 9.64 Å². The maximum atomic E-state index is 12.5. The molecule has 3 rings (SSSR count). The van der Waals surface area contributed by atoms with Crippen LogP contribution >= 0.6 is 12.6 Å². The lowest BCUT2D eigenvalue weighted by Crippen LogP contribution is -2.40. The second-order valence-electron chi connectivity index (χ2n) is 5.43. The van der Waals surface area contributed by atoms with Crippen molar-refractivity contribution in [1.29, 1.82) is 0 Å². The minimum absolute atomic E-state index is 0.00746. The van der Waals surface area contributed by atoms with Crippen molar-refractivity contribution in [3.05, 3.63) is 71.3 Å². The van der Waals surface area contributed by atoms with Crippen LogP contribution in [-0.2, 0) is 17.9 Å². The summed E-state index contributed by atoms with van der Waals surface area (Å²) in [7, 11) is 0. The summed E-state index contributed by atoms with van der Waals surface area (Å²) >= 11 is 4.40. The molecule has 0 bridgehead atoms. The smallest absolute Gasteiger partial charge is 0.254 e. The molecule has 114 valence electrons. The number of carbonyl (C=O) groups is 1. The first-order chi connectivity index (χ1) is 10.8. The predicted octanol–water partition coefficient (Wildman–Crippen LogP) is 3.16. The van der Waals surface area contributed by atoms with Crippen LogP contribution in [0.4, 0.5) is 0 Å². The van der Waals surface area contributed by atoms with Crippen LogP contribution in [-0.4, -0.2) is 29.2 Å². The molecule has 3 nitrogen and oxygen atoms in total. The third-order valence-electron chi connectivity index (χ3n) is 3.92. The van der Waals surface area contributed by atoms with E-state index in [4.69, 9.17) is 4.74 Å². The number of nitrogens with zero attached hydrogens (tertiary/aromatic N) is 1. The molecule has 1 aliphatic heterocycles. The van der Waals surface area contributed by atoms with Gasteiger partial charge in [-0.3, -0.25) is 4.79 Å². The Bertz CT molecular complexity index is 645. The Morgan fingerprint density at radius 3 is 2.55 bits per heavy atom. The highest BCUT2D eigenvalue weighted by Gasteiger charge is 2.31. The fourth-order valence-electron chi connectivity index (χ4n) is 2.70. The molecule has 1 amide bonds. The monoisotopic (exact) mass is 313 g/mol. The molecule has 1 atom stereocenters. The molecule has 1 aliphatic rings. The van der Waals surface area contributed by atoms with Crippen molar-refractivity contribution >= 4 is 18.5 Å². The highest BCUT2D eigenvalue weighted by atomic mass is 32.1. The second-order valence-corrected chi connectivity index (χ2v) is 5.79. The summed E-state index contributed by atoms with van der Waals surface area (Å²) in [6.07, 6.45) is 0. The number of benzene rings is 2. The molecular formula is C18H19NO2S. The van der Waals surface area contributed by atoms with Gasteiger partial charge in [-0.2, -0.15) is 12.6 Å². The van der Waals surface area contributed by atoms with E-state index in [1.165, 1.54) is 0 Å². The highest BCUT2D eigenvalue weighted by Crippen LogP contribution is 2.25. The van der Waals surface area contributed by atoms with Gasteiger partial charge in [0, 0.05) is 17.9 Å². The van der Waals surface area contributed by atoms with Crippen LogP contribution in [0.25, 0.3) is 0 Å². The van der Waals surface area contributed by atoms with Gasteiger partial charge in [0.1, 0.15) is 0 Å². The van der Waals surface area contributed by atoms with Gasteiger partial charge in [-0.05, 0) is 17.2 Å². The van der Waals surface area contributed by atoms with E-state index in [1.54, 1.807) is 0 Å². The van der Waals surface area contributed by atoms with Crippen molar-refractivity contribution in [2.45, 2.75) is 19.2 Å². The summed E-state index contributed by atoms with van der Waals surface area (Å²) in [4.78, 5) is 14.3. The van der Waals surface area contributed by atoms with Crippen molar-refractivity contribution in [2.24, 2.45) is 0 Å². The molecule has 0 unspecified atom stereocenters. The number of thiol groups is 1. The van der Waals surface area contributed by atoms with Gasteiger partial charge in [0.2, 0.25) is 0 Å². The average molecular weight is 313 g/mol. The van der Waals surface area contributed by atoms with E-state index in [2.05, 4.69) is 12.6 Å². The van der Waals surface area contributed by atoms with E-state index in [9.17, 15) is 4.79 Å². The fourth-order valence-corrected chi connectivity index (χ4v) is 3.00. The summed E-state index contributed by atoms with van der Waals surface area (Å²) < 4.78 is 5.79. The Morgan fingerprint density at radius 1 is 1.09 bits per heavy atom. The van der Waals surface area contributed by atoms with Gasteiger partial charge in [-0.25, -0.2) is 0 Å². The van der Waals surface area contributed by atoms with E-state index < -0.39 is 0 Å². The Hall–Kier alpha value is -1.78. The summed E-state index contributed by atoms with van der Waals surface area (Å²) in [5, 5.41) is 0. The van der Waals surface area contributed by atoms with Gasteiger partial charge >= 0.3 is 0 Å². The first-order valence-corrected chi connectivity index (χ1v) is 8.04. The van der Waals surface area contributed by atoms with Crippen LogP contribution in [0, 0.1) is 0 Å². The molecule has 0 radical (unpaired) electrons. The van der Waals surface area contributed by atoms with E-state index in [0.717, 1.165) is 16.7 Å². The van der Waals surface area contributed by atoms with Crippen LogP contribution in [0.2, 0.25) is 0 Å². The lowest BCUT2D eigenvalue weighted by molar-refractivity contribution is 0.0455. The zero-order chi connectivity index (χ0) is 15.4. The van der Waals surface area contributed by atoms with Crippen LogP contribution in [0.3, 0.4) is 0 Å². The molecule has 2 aromatic carbocycles. The van der Waals surface area contributed by atoms with Crippen molar-refractivity contribution in [3.8, 4) is 0 Å². The maximum Gasteiger partial charge on any atom is 0.254 e. The largest absolute Gasteiger partial charge is 0.375 e. The highest BCUT2D eigenvalue weighted by molar-refractivity contribution is 7.80. The lowest BCUT2D eigenvalue weighted by Gasteiger charge is -2.26. The number of rotatable bonds is 6. The standard InChI is InChI=1S/C18H19NO2S/c20-18-17-9-5-4-8-15(17)10-19(18)16(13-22)12-21-11-14-6-2-1-3-7-14/h1-9,16,22H,10-13H2/t16-/m0/s1. The van der Waals surface area contributed by atoms with Crippen molar-refractivity contribution in [2.75, 3.05) is 12.4 Å². The number of fused-ring (bicyclic) bond motifs is 1. The Balaban J connectivity index is 1.60. The van der Waals surface area contributed by atoms with Gasteiger partial charge in [-0.1, -0.05) is 48.5 Å². The lowest BCUT2D eigenvalue weighted by atomic mass is 10.1. The second kappa shape index (κ2) is 6.99. The molecule has 22 heavy (non-hydrogen) atoms. The Labute approximate surface area is 136 Å². The third kappa shape index (κ3) is 3.18. The molecule has 0 fully saturated rings. The number of hydrogen-bond acceptors (Lipinski definition) is 3. The zero-order valence-electron chi connectivity index (χ0n) is 12.3. The number of carbonyl (C=O) groups excluding carboxylic acids is 1.